The van der Waals surface area contributed by atoms with E-state index in [4.69, 9.17) is 10.5 Å². The van der Waals surface area contributed by atoms with Gasteiger partial charge < -0.3 is 10.5 Å². The van der Waals surface area contributed by atoms with E-state index >= 15 is 0 Å². The number of carbonyl (C=O) groups excluding carboxylic acids is 1. The van der Waals surface area contributed by atoms with Gasteiger partial charge in [0, 0.05) is 6.04 Å². The number of rotatable bonds is 6. The first-order chi connectivity index (χ1) is 8.08. The Balaban J connectivity index is 2.68. The predicted octanol–water partition coefficient (Wildman–Crippen LogP) is 1.61. The molecule has 17 heavy (non-hydrogen) atoms. The fraction of sp³-hybridized carbons (Fsp3) is 0.462. The minimum atomic E-state index is -0.312. The van der Waals surface area contributed by atoms with Crippen LogP contribution in [-0.2, 0) is 4.79 Å². The third-order valence-electron chi connectivity index (χ3n) is 2.82. The van der Waals surface area contributed by atoms with Crippen molar-refractivity contribution < 1.29 is 9.53 Å². The molecule has 0 fully saturated rings. The van der Waals surface area contributed by atoms with E-state index in [1.54, 1.807) is 7.11 Å². The Morgan fingerprint density at radius 1 is 1.41 bits per heavy atom. The molecule has 4 heteroatoms. The van der Waals surface area contributed by atoms with Gasteiger partial charge in [-0.15, -0.1) is 0 Å². The molecular formula is C13H20N2O2. The van der Waals surface area contributed by atoms with E-state index in [1.165, 1.54) is 0 Å². The van der Waals surface area contributed by atoms with Crippen molar-refractivity contribution in [1.29, 1.82) is 0 Å². The number of amides is 1. The van der Waals surface area contributed by atoms with Crippen LogP contribution in [0.5, 0.6) is 5.75 Å². The minimum absolute atomic E-state index is 0.0818. The van der Waals surface area contributed by atoms with Gasteiger partial charge in [0.1, 0.15) is 5.75 Å². The van der Waals surface area contributed by atoms with Crippen molar-refractivity contribution in [2.24, 2.45) is 5.73 Å². The van der Waals surface area contributed by atoms with E-state index in [0.29, 0.717) is 6.42 Å². The van der Waals surface area contributed by atoms with E-state index in [-0.39, 0.29) is 18.0 Å². The number of nitrogens with one attached hydrogen (secondary N) is 1. The highest BCUT2D eigenvalue weighted by Gasteiger charge is 2.16. The molecule has 3 N–H and O–H groups in total. The lowest BCUT2D eigenvalue weighted by atomic mass is 10.1. The number of carbonyl (C=O) groups is 1. The first-order valence-electron chi connectivity index (χ1n) is 5.77. The molecule has 0 aromatic heterocycles. The number of hydrogen-bond donors (Lipinski definition) is 2. The van der Waals surface area contributed by atoms with Crippen molar-refractivity contribution in [3.05, 3.63) is 29.8 Å². The zero-order valence-electron chi connectivity index (χ0n) is 10.6. The summed E-state index contributed by atoms with van der Waals surface area (Å²) in [4.78, 5) is 11.1. The average Bonchev–Trinajstić information content (AvgIpc) is 2.35. The summed E-state index contributed by atoms with van der Waals surface area (Å²) in [7, 11) is 1.64. The molecule has 0 saturated carbocycles. The van der Waals surface area contributed by atoms with Crippen molar-refractivity contribution in [1.82, 2.24) is 5.32 Å². The van der Waals surface area contributed by atoms with Crippen LogP contribution in [0.15, 0.2) is 24.3 Å². The maximum atomic E-state index is 11.1. The molecule has 1 aromatic carbocycles. The number of hydrogen-bond acceptors (Lipinski definition) is 3. The highest BCUT2D eigenvalue weighted by atomic mass is 16.5. The Labute approximate surface area is 102 Å². The monoisotopic (exact) mass is 236 g/mol. The summed E-state index contributed by atoms with van der Waals surface area (Å²) in [6.07, 6.45) is 0.690. The quantitative estimate of drug-likeness (QED) is 0.788. The van der Waals surface area contributed by atoms with Crippen LogP contribution in [0.4, 0.5) is 0 Å². The average molecular weight is 236 g/mol. The lowest BCUT2D eigenvalue weighted by Crippen LogP contribution is -2.41. The van der Waals surface area contributed by atoms with Crippen molar-refractivity contribution >= 4 is 5.91 Å². The molecule has 1 aromatic rings. The van der Waals surface area contributed by atoms with Gasteiger partial charge in [0.2, 0.25) is 5.91 Å². The molecule has 2 atom stereocenters. The van der Waals surface area contributed by atoms with Crippen LogP contribution in [0.25, 0.3) is 0 Å². The van der Waals surface area contributed by atoms with E-state index in [0.717, 1.165) is 11.3 Å². The Kier molecular flexibility index (Phi) is 4.97. The van der Waals surface area contributed by atoms with Crippen molar-refractivity contribution in [2.45, 2.75) is 32.4 Å². The second kappa shape index (κ2) is 6.25. The standard InChI is InChI=1S/C13H20N2O2/c1-4-12(13(14)16)15-9(2)10-5-7-11(17-3)8-6-10/h5-9,12,15H,4H2,1-3H3,(H2,14,16)/t9-,12?/m0/s1. The molecule has 0 spiro atoms. The molecule has 0 aliphatic carbocycles. The van der Waals surface area contributed by atoms with E-state index in [1.807, 2.05) is 38.1 Å². The number of primary amides is 1. The number of methoxy groups -OCH3 is 1. The van der Waals surface area contributed by atoms with Gasteiger partial charge in [-0.05, 0) is 31.0 Å². The molecule has 1 amide bonds. The van der Waals surface area contributed by atoms with E-state index in [9.17, 15) is 4.79 Å². The van der Waals surface area contributed by atoms with Gasteiger partial charge in [0.05, 0.1) is 13.2 Å². The summed E-state index contributed by atoms with van der Waals surface area (Å²) in [6.45, 7) is 3.94. The van der Waals surface area contributed by atoms with Crippen LogP contribution in [0, 0.1) is 0 Å². The summed E-state index contributed by atoms with van der Waals surface area (Å²) >= 11 is 0. The summed E-state index contributed by atoms with van der Waals surface area (Å²) in [5.41, 5.74) is 6.40. The second-order valence-electron chi connectivity index (χ2n) is 4.02. The Bertz CT molecular complexity index is 362. The molecular weight excluding hydrogens is 216 g/mol. The number of nitrogens with two attached hydrogens (primary N) is 1. The van der Waals surface area contributed by atoms with Gasteiger partial charge in [0.15, 0.2) is 0 Å². The highest BCUT2D eigenvalue weighted by Crippen LogP contribution is 2.17. The van der Waals surface area contributed by atoms with Gasteiger partial charge in [-0.3, -0.25) is 10.1 Å². The van der Waals surface area contributed by atoms with Gasteiger partial charge in [-0.25, -0.2) is 0 Å². The van der Waals surface area contributed by atoms with Gasteiger partial charge in [-0.1, -0.05) is 19.1 Å². The van der Waals surface area contributed by atoms with Gasteiger partial charge >= 0.3 is 0 Å². The fourth-order valence-corrected chi connectivity index (χ4v) is 1.69. The molecule has 94 valence electrons. The second-order valence-corrected chi connectivity index (χ2v) is 4.02. The highest BCUT2D eigenvalue weighted by molar-refractivity contribution is 5.79. The van der Waals surface area contributed by atoms with Crippen LogP contribution < -0.4 is 15.8 Å². The first kappa shape index (κ1) is 13.5. The Morgan fingerprint density at radius 3 is 2.41 bits per heavy atom. The third-order valence-corrected chi connectivity index (χ3v) is 2.82. The van der Waals surface area contributed by atoms with Gasteiger partial charge in [0.25, 0.3) is 0 Å². The predicted molar refractivity (Wildman–Crippen MR) is 67.8 cm³/mol. The zero-order valence-corrected chi connectivity index (χ0v) is 10.6. The molecule has 4 nitrogen and oxygen atoms in total. The summed E-state index contributed by atoms with van der Waals surface area (Å²) in [6, 6.07) is 7.55. The first-order valence-corrected chi connectivity index (χ1v) is 5.77. The maximum absolute atomic E-state index is 11.1. The third kappa shape index (κ3) is 3.75. The van der Waals surface area contributed by atoms with Crippen LogP contribution in [0.2, 0.25) is 0 Å². The van der Waals surface area contributed by atoms with Crippen molar-refractivity contribution in [3.63, 3.8) is 0 Å². The molecule has 0 radical (unpaired) electrons. The Hall–Kier alpha value is -1.55. The lowest BCUT2D eigenvalue weighted by Gasteiger charge is -2.20. The maximum Gasteiger partial charge on any atom is 0.234 e. The molecule has 0 bridgehead atoms. The normalized spacial score (nSPS) is 14.1. The minimum Gasteiger partial charge on any atom is -0.497 e. The molecule has 0 heterocycles. The molecule has 1 unspecified atom stereocenters. The largest absolute Gasteiger partial charge is 0.497 e. The van der Waals surface area contributed by atoms with E-state index in [2.05, 4.69) is 5.32 Å². The topological polar surface area (TPSA) is 64.3 Å². The number of benzene rings is 1. The molecule has 0 aliphatic heterocycles. The molecule has 0 saturated heterocycles. The van der Waals surface area contributed by atoms with Crippen molar-refractivity contribution in [3.8, 4) is 5.75 Å². The van der Waals surface area contributed by atoms with Crippen LogP contribution in [0.1, 0.15) is 31.9 Å². The molecule has 0 aliphatic rings. The zero-order chi connectivity index (χ0) is 12.8. The lowest BCUT2D eigenvalue weighted by molar-refractivity contribution is -0.120. The SMILES string of the molecule is CCC(N[C@@H](C)c1ccc(OC)cc1)C(N)=O. The van der Waals surface area contributed by atoms with Gasteiger partial charge in [-0.2, -0.15) is 0 Å². The smallest absolute Gasteiger partial charge is 0.234 e. The van der Waals surface area contributed by atoms with Crippen LogP contribution in [0.3, 0.4) is 0 Å². The molecule has 1 rings (SSSR count). The van der Waals surface area contributed by atoms with Crippen LogP contribution in [-0.4, -0.2) is 19.1 Å². The number of ether oxygens (including phenoxy) is 1. The summed E-state index contributed by atoms with van der Waals surface area (Å²) in [5.74, 6) is 0.510. The summed E-state index contributed by atoms with van der Waals surface area (Å²) in [5, 5.41) is 3.20. The van der Waals surface area contributed by atoms with Crippen LogP contribution >= 0.6 is 0 Å². The Morgan fingerprint density at radius 2 is 2.00 bits per heavy atom. The van der Waals surface area contributed by atoms with E-state index < -0.39 is 0 Å². The fourth-order valence-electron chi connectivity index (χ4n) is 1.69. The summed E-state index contributed by atoms with van der Waals surface area (Å²) < 4.78 is 5.09. The van der Waals surface area contributed by atoms with Crippen molar-refractivity contribution in [2.75, 3.05) is 7.11 Å².